The molecule has 0 radical (unpaired) electrons. The van der Waals surface area contributed by atoms with Crippen LogP contribution in [0.5, 0.6) is 0 Å². The maximum Gasteiger partial charge on any atom is 0.133 e. The van der Waals surface area contributed by atoms with E-state index in [0.29, 0.717) is 6.54 Å². The Morgan fingerprint density at radius 3 is 3.00 bits per heavy atom. The number of nitrogens with one attached hydrogen (secondary N) is 1. The molecule has 0 aliphatic carbocycles. The molecular formula is C6H13NO2. The summed E-state index contributed by atoms with van der Waals surface area (Å²) in [6.45, 7) is 2.06. The van der Waals surface area contributed by atoms with E-state index >= 15 is 0 Å². The third kappa shape index (κ3) is 7.59. The zero-order valence-electron chi connectivity index (χ0n) is 5.72. The number of methoxy groups -OCH3 is 1. The number of hydrogen-bond acceptors (Lipinski definition) is 3. The lowest BCUT2D eigenvalue weighted by atomic mass is 10.4. The molecule has 54 valence electrons. The quantitative estimate of drug-likeness (QED) is 0.401. The van der Waals surface area contributed by atoms with E-state index in [1.807, 2.05) is 0 Å². The van der Waals surface area contributed by atoms with Gasteiger partial charge in [0.25, 0.3) is 0 Å². The minimum absolute atomic E-state index is 0.448. The summed E-state index contributed by atoms with van der Waals surface area (Å²) in [6.07, 6.45) is 1.82. The van der Waals surface area contributed by atoms with Crippen LogP contribution in [-0.2, 0) is 9.53 Å². The zero-order valence-corrected chi connectivity index (χ0v) is 5.72. The van der Waals surface area contributed by atoms with Gasteiger partial charge in [-0.2, -0.15) is 0 Å². The summed E-state index contributed by atoms with van der Waals surface area (Å²) < 4.78 is 4.79. The average molecular weight is 131 g/mol. The van der Waals surface area contributed by atoms with Gasteiger partial charge >= 0.3 is 0 Å². The van der Waals surface area contributed by atoms with Crippen molar-refractivity contribution in [2.45, 2.75) is 6.42 Å². The van der Waals surface area contributed by atoms with Gasteiger partial charge in [-0.1, -0.05) is 0 Å². The van der Waals surface area contributed by atoms with Gasteiger partial charge in [-0.3, -0.25) is 0 Å². The molecule has 0 amide bonds. The molecule has 1 N–H and O–H groups in total. The highest BCUT2D eigenvalue weighted by atomic mass is 16.5. The number of carbonyl (C=O) groups is 1. The number of aldehydes is 1. The first-order valence-corrected chi connectivity index (χ1v) is 3.05. The second kappa shape index (κ2) is 7.59. The number of ether oxygens (including phenoxy) is 1. The smallest absolute Gasteiger partial charge is 0.133 e. The topological polar surface area (TPSA) is 38.3 Å². The highest BCUT2D eigenvalue weighted by Gasteiger charge is 1.83. The Hall–Kier alpha value is -0.410. The fourth-order valence-corrected chi connectivity index (χ4v) is 0.502. The largest absolute Gasteiger partial charge is 0.385 e. The Labute approximate surface area is 55.4 Å². The van der Waals surface area contributed by atoms with Crippen molar-refractivity contribution in [2.24, 2.45) is 0 Å². The summed E-state index contributed by atoms with van der Waals surface area (Å²) >= 11 is 0. The SMILES string of the molecule is COCCCNCC=O. The van der Waals surface area contributed by atoms with Crippen LogP contribution in [0.4, 0.5) is 0 Å². The van der Waals surface area contributed by atoms with Gasteiger partial charge in [0.1, 0.15) is 6.29 Å². The lowest BCUT2D eigenvalue weighted by Crippen LogP contribution is -2.18. The second-order valence-corrected chi connectivity index (χ2v) is 1.72. The summed E-state index contributed by atoms with van der Waals surface area (Å²) in [5, 5.41) is 2.92. The molecular weight excluding hydrogens is 118 g/mol. The van der Waals surface area contributed by atoms with E-state index in [0.717, 1.165) is 25.9 Å². The summed E-state index contributed by atoms with van der Waals surface area (Å²) in [7, 11) is 1.67. The Bertz CT molecular complexity index is 66.1. The van der Waals surface area contributed by atoms with Crippen molar-refractivity contribution in [3.8, 4) is 0 Å². The second-order valence-electron chi connectivity index (χ2n) is 1.72. The van der Waals surface area contributed by atoms with Crippen LogP contribution in [0.25, 0.3) is 0 Å². The van der Waals surface area contributed by atoms with Crippen molar-refractivity contribution < 1.29 is 9.53 Å². The monoisotopic (exact) mass is 131 g/mol. The molecule has 0 aliphatic rings. The Morgan fingerprint density at radius 1 is 1.67 bits per heavy atom. The fourth-order valence-electron chi connectivity index (χ4n) is 0.502. The maximum atomic E-state index is 9.74. The van der Waals surface area contributed by atoms with Crippen LogP contribution >= 0.6 is 0 Å². The molecule has 3 heteroatoms. The van der Waals surface area contributed by atoms with Gasteiger partial charge in [-0.05, 0) is 13.0 Å². The van der Waals surface area contributed by atoms with Crippen molar-refractivity contribution >= 4 is 6.29 Å². The van der Waals surface area contributed by atoms with Crippen molar-refractivity contribution in [1.82, 2.24) is 5.32 Å². The molecule has 0 bridgehead atoms. The Morgan fingerprint density at radius 2 is 2.44 bits per heavy atom. The molecule has 0 heterocycles. The van der Waals surface area contributed by atoms with E-state index < -0.39 is 0 Å². The van der Waals surface area contributed by atoms with E-state index in [4.69, 9.17) is 4.74 Å². The van der Waals surface area contributed by atoms with Crippen LogP contribution in [0.1, 0.15) is 6.42 Å². The van der Waals surface area contributed by atoms with Crippen molar-refractivity contribution in [3.05, 3.63) is 0 Å². The molecule has 0 atom stereocenters. The van der Waals surface area contributed by atoms with Crippen LogP contribution in [-0.4, -0.2) is 33.1 Å². The first kappa shape index (κ1) is 8.59. The van der Waals surface area contributed by atoms with Crippen LogP contribution in [0.3, 0.4) is 0 Å². The number of rotatable bonds is 6. The molecule has 9 heavy (non-hydrogen) atoms. The lowest BCUT2D eigenvalue weighted by molar-refractivity contribution is -0.107. The molecule has 0 fully saturated rings. The Balaban J connectivity index is 2.66. The molecule has 0 saturated heterocycles. The van der Waals surface area contributed by atoms with E-state index in [9.17, 15) is 4.79 Å². The minimum atomic E-state index is 0.448. The molecule has 0 saturated carbocycles. The summed E-state index contributed by atoms with van der Waals surface area (Å²) in [6, 6.07) is 0. The molecule has 0 unspecified atom stereocenters. The predicted octanol–water partition coefficient (Wildman–Crippen LogP) is -0.189. The van der Waals surface area contributed by atoms with Gasteiger partial charge < -0.3 is 14.8 Å². The van der Waals surface area contributed by atoms with Crippen LogP contribution in [0, 0.1) is 0 Å². The third-order valence-electron chi connectivity index (χ3n) is 0.930. The lowest BCUT2D eigenvalue weighted by Gasteiger charge is -1.97. The first-order chi connectivity index (χ1) is 4.41. The predicted molar refractivity (Wildman–Crippen MR) is 35.4 cm³/mol. The van der Waals surface area contributed by atoms with E-state index in [1.54, 1.807) is 7.11 Å². The standard InChI is InChI=1S/C6H13NO2/c1-9-6-2-3-7-4-5-8/h5,7H,2-4,6H2,1H3. The van der Waals surface area contributed by atoms with Crippen molar-refractivity contribution in [1.29, 1.82) is 0 Å². The third-order valence-corrected chi connectivity index (χ3v) is 0.930. The zero-order chi connectivity index (χ0) is 6.95. The van der Waals surface area contributed by atoms with E-state index in [-0.39, 0.29) is 0 Å². The highest BCUT2D eigenvalue weighted by molar-refractivity contribution is 5.51. The van der Waals surface area contributed by atoms with Gasteiger partial charge in [0.2, 0.25) is 0 Å². The summed E-state index contributed by atoms with van der Waals surface area (Å²) in [5.41, 5.74) is 0. The number of carbonyl (C=O) groups excluding carboxylic acids is 1. The minimum Gasteiger partial charge on any atom is -0.385 e. The van der Waals surface area contributed by atoms with Crippen LogP contribution < -0.4 is 5.32 Å². The van der Waals surface area contributed by atoms with Gasteiger partial charge in [-0.25, -0.2) is 0 Å². The Kier molecular flexibility index (Phi) is 7.24. The molecule has 0 aromatic rings. The van der Waals surface area contributed by atoms with Gasteiger partial charge in [-0.15, -0.1) is 0 Å². The molecule has 0 spiro atoms. The van der Waals surface area contributed by atoms with E-state index in [1.165, 1.54) is 0 Å². The first-order valence-electron chi connectivity index (χ1n) is 3.05. The summed E-state index contributed by atoms with van der Waals surface area (Å²) in [4.78, 5) is 9.74. The van der Waals surface area contributed by atoms with Gasteiger partial charge in [0.05, 0.1) is 6.54 Å². The molecule has 0 aliphatic heterocycles. The van der Waals surface area contributed by atoms with Gasteiger partial charge in [0, 0.05) is 13.7 Å². The normalized spacial score (nSPS) is 9.44. The fraction of sp³-hybridized carbons (Fsp3) is 0.833. The molecule has 0 aromatic heterocycles. The molecule has 0 rings (SSSR count). The summed E-state index contributed by atoms with van der Waals surface area (Å²) in [5.74, 6) is 0. The molecule has 3 nitrogen and oxygen atoms in total. The average Bonchev–Trinajstić information content (AvgIpc) is 1.89. The number of hydrogen-bond donors (Lipinski definition) is 1. The maximum absolute atomic E-state index is 9.74. The van der Waals surface area contributed by atoms with Crippen LogP contribution in [0.2, 0.25) is 0 Å². The van der Waals surface area contributed by atoms with Gasteiger partial charge in [0.15, 0.2) is 0 Å². The van der Waals surface area contributed by atoms with Crippen LogP contribution in [0.15, 0.2) is 0 Å². The van der Waals surface area contributed by atoms with Crippen molar-refractivity contribution in [3.63, 3.8) is 0 Å². The van der Waals surface area contributed by atoms with E-state index in [2.05, 4.69) is 5.32 Å². The van der Waals surface area contributed by atoms with Crippen molar-refractivity contribution in [2.75, 3.05) is 26.8 Å². The molecule has 0 aromatic carbocycles. The highest BCUT2D eigenvalue weighted by Crippen LogP contribution is 1.74.